The van der Waals surface area contributed by atoms with Gasteiger partial charge in [0.1, 0.15) is 5.75 Å². The molecule has 0 heterocycles. The predicted octanol–water partition coefficient (Wildman–Crippen LogP) is 2.39. The van der Waals surface area contributed by atoms with Gasteiger partial charge in [0.15, 0.2) is 0 Å². The first kappa shape index (κ1) is 17.6. The molecule has 0 fully saturated rings. The van der Waals surface area contributed by atoms with E-state index < -0.39 is 10.0 Å². The number of sulfonamides is 1. The number of rotatable bonds is 6. The maximum Gasteiger partial charge on any atom is 0.319 e. The summed E-state index contributed by atoms with van der Waals surface area (Å²) in [6.07, 6.45) is 1.08. The molecule has 0 saturated carbocycles. The minimum atomic E-state index is -3.32. The third-order valence-corrected chi connectivity index (χ3v) is 3.66. The van der Waals surface area contributed by atoms with Crippen molar-refractivity contribution >= 4 is 27.4 Å². The van der Waals surface area contributed by atoms with Crippen molar-refractivity contribution in [3.05, 3.63) is 54.1 Å². The standard InChI is InChI=1S/C16H19N3O4S/c1-23-15-9-3-12(4-10-15)11-17-16(20)18-13-5-7-14(8-6-13)19-24(2,21)22/h3-10,19H,11H2,1-2H3,(H2,17,18,20). The molecule has 0 saturated heterocycles. The van der Waals surface area contributed by atoms with Crippen LogP contribution < -0.4 is 20.1 Å². The van der Waals surface area contributed by atoms with Gasteiger partial charge in [-0.15, -0.1) is 0 Å². The van der Waals surface area contributed by atoms with E-state index in [1.54, 1.807) is 31.4 Å². The monoisotopic (exact) mass is 349 g/mol. The fourth-order valence-corrected chi connectivity index (χ4v) is 2.50. The lowest BCUT2D eigenvalue weighted by Crippen LogP contribution is -2.28. The van der Waals surface area contributed by atoms with Crippen LogP contribution >= 0.6 is 0 Å². The molecule has 0 unspecified atom stereocenters. The van der Waals surface area contributed by atoms with Crippen molar-refractivity contribution < 1.29 is 17.9 Å². The van der Waals surface area contributed by atoms with Gasteiger partial charge in [-0.05, 0) is 42.0 Å². The Kier molecular flexibility index (Phi) is 5.64. The first-order valence-corrected chi connectivity index (χ1v) is 9.00. The van der Waals surface area contributed by atoms with Crippen molar-refractivity contribution in [2.45, 2.75) is 6.54 Å². The van der Waals surface area contributed by atoms with Crippen LogP contribution in [0.25, 0.3) is 0 Å². The average molecular weight is 349 g/mol. The van der Waals surface area contributed by atoms with E-state index in [-0.39, 0.29) is 6.03 Å². The molecule has 128 valence electrons. The minimum absolute atomic E-state index is 0.352. The highest BCUT2D eigenvalue weighted by Crippen LogP contribution is 2.14. The Morgan fingerprint density at radius 1 is 1.00 bits per heavy atom. The van der Waals surface area contributed by atoms with Crippen molar-refractivity contribution in [3.8, 4) is 5.75 Å². The van der Waals surface area contributed by atoms with Gasteiger partial charge in [-0.2, -0.15) is 0 Å². The van der Waals surface area contributed by atoms with E-state index in [4.69, 9.17) is 4.74 Å². The summed E-state index contributed by atoms with van der Waals surface area (Å²) in [6.45, 7) is 0.379. The number of amides is 2. The smallest absolute Gasteiger partial charge is 0.319 e. The lowest BCUT2D eigenvalue weighted by molar-refractivity contribution is 0.251. The molecule has 0 aliphatic heterocycles. The molecule has 0 aliphatic rings. The van der Waals surface area contributed by atoms with Crippen LogP contribution in [0.1, 0.15) is 5.56 Å². The number of urea groups is 1. The van der Waals surface area contributed by atoms with Gasteiger partial charge in [0.05, 0.1) is 13.4 Å². The number of benzene rings is 2. The van der Waals surface area contributed by atoms with Crippen molar-refractivity contribution in [2.24, 2.45) is 0 Å². The van der Waals surface area contributed by atoms with E-state index in [2.05, 4.69) is 15.4 Å². The van der Waals surface area contributed by atoms with E-state index in [0.717, 1.165) is 17.6 Å². The molecule has 0 atom stereocenters. The maximum absolute atomic E-state index is 11.9. The summed E-state index contributed by atoms with van der Waals surface area (Å²) in [4.78, 5) is 11.9. The number of nitrogens with one attached hydrogen (secondary N) is 3. The van der Waals surface area contributed by atoms with Gasteiger partial charge in [0, 0.05) is 17.9 Å². The maximum atomic E-state index is 11.9. The van der Waals surface area contributed by atoms with Crippen LogP contribution in [0.15, 0.2) is 48.5 Å². The molecule has 2 rings (SSSR count). The summed E-state index contributed by atoms with van der Waals surface area (Å²) in [5.41, 5.74) is 1.93. The van der Waals surface area contributed by atoms with Crippen molar-refractivity contribution in [2.75, 3.05) is 23.4 Å². The molecule has 2 aromatic carbocycles. The number of carbonyl (C=O) groups excluding carboxylic acids is 1. The van der Waals surface area contributed by atoms with Gasteiger partial charge < -0.3 is 15.4 Å². The number of anilines is 2. The molecule has 0 spiro atoms. The zero-order valence-electron chi connectivity index (χ0n) is 13.4. The molecule has 0 bridgehead atoms. The Balaban J connectivity index is 1.85. The number of hydrogen-bond acceptors (Lipinski definition) is 4. The highest BCUT2D eigenvalue weighted by Gasteiger charge is 2.04. The first-order valence-electron chi connectivity index (χ1n) is 7.11. The fraction of sp³-hybridized carbons (Fsp3) is 0.188. The molecule has 0 aliphatic carbocycles. The Morgan fingerprint density at radius 3 is 2.12 bits per heavy atom. The molecule has 8 heteroatoms. The molecule has 2 aromatic rings. The van der Waals surface area contributed by atoms with Crippen molar-refractivity contribution in [1.29, 1.82) is 0 Å². The van der Waals surface area contributed by atoms with E-state index >= 15 is 0 Å². The van der Waals surface area contributed by atoms with Crippen molar-refractivity contribution in [3.63, 3.8) is 0 Å². The normalized spacial score (nSPS) is 10.8. The Bertz CT molecular complexity index is 787. The van der Waals surface area contributed by atoms with Crippen LogP contribution in [-0.2, 0) is 16.6 Å². The summed E-state index contributed by atoms with van der Waals surface area (Å²) >= 11 is 0. The van der Waals surface area contributed by atoms with Gasteiger partial charge in [-0.3, -0.25) is 4.72 Å². The SMILES string of the molecule is COc1ccc(CNC(=O)Nc2ccc(NS(C)(=O)=O)cc2)cc1. The highest BCUT2D eigenvalue weighted by molar-refractivity contribution is 7.92. The molecule has 24 heavy (non-hydrogen) atoms. The number of carbonyl (C=O) groups is 1. The summed E-state index contributed by atoms with van der Waals surface area (Å²) in [6, 6.07) is 13.4. The quantitative estimate of drug-likeness (QED) is 0.746. The predicted molar refractivity (Wildman–Crippen MR) is 93.8 cm³/mol. The summed E-state index contributed by atoms with van der Waals surface area (Å²) < 4.78 is 29.7. The van der Waals surface area contributed by atoms with Crippen LogP contribution in [0, 0.1) is 0 Å². The summed E-state index contributed by atoms with van der Waals surface area (Å²) in [5.74, 6) is 0.756. The zero-order valence-corrected chi connectivity index (χ0v) is 14.2. The van der Waals surface area contributed by atoms with Crippen LogP contribution in [0.2, 0.25) is 0 Å². The fourth-order valence-electron chi connectivity index (χ4n) is 1.94. The summed E-state index contributed by atoms with van der Waals surface area (Å²) in [5, 5.41) is 5.41. The van der Waals surface area contributed by atoms with Crippen LogP contribution in [0.4, 0.5) is 16.2 Å². The largest absolute Gasteiger partial charge is 0.497 e. The average Bonchev–Trinajstić information content (AvgIpc) is 2.54. The van der Waals surface area contributed by atoms with Crippen LogP contribution in [0.5, 0.6) is 5.75 Å². The van der Waals surface area contributed by atoms with E-state index in [0.29, 0.717) is 17.9 Å². The molecular weight excluding hydrogens is 330 g/mol. The van der Waals surface area contributed by atoms with Gasteiger partial charge >= 0.3 is 6.03 Å². The van der Waals surface area contributed by atoms with Crippen molar-refractivity contribution in [1.82, 2.24) is 5.32 Å². The molecule has 7 nitrogen and oxygen atoms in total. The van der Waals surface area contributed by atoms with E-state index in [9.17, 15) is 13.2 Å². The number of hydrogen-bond donors (Lipinski definition) is 3. The third kappa shape index (κ3) is 5.81. The van der Waals surface area contributed by atoms with E-state index in [1.807, 2.05) is 24.3 Å². The Hall–Kier alpha value is -2.74. The molecule has 2 amide bonds. The van der Waals surface area contributed by atoms with Gasteiger partial charge in [-0.1, -0.05) is 12.1 Å². The highest BCUT2D eigenvalue weighted by atomic mass is 32.2. The van der Waals surface area contributed by atoms with Crippen LogP contribution in [-0.4, -0.2) is 27.8 Å². The molecule has 3 N–H and O–H groups in total. The van der Waals surface area contributed by atoms with E-state index in [1.165, 1.54) is 0 Å². The second-order valence-electron chi connectivity index (χ2n) is 5.11. The molecule has 0 radical (unpaired) electrons. The van der Waals surface area contributed by atoms with Gasteiger partial charge in [-0.25, -0.2) is 13.2 Å². The lowest BCUT2D eigenvalue weighted by Gasteiger charge is -2.09. The minimum Gasteiger partial charge on any atom is -0.497 e. The number of methoxy groups -OCH3 is 1. The van der Waals surface area contributed by atoms with Gasteiger partial charge in [0.25, 0.3) is 0 Å². The molecular formula is C16H19N3O4S. The third-order valence-electron chi connectivity index (χ3n) is 3.06. The first-order chi connectivity index (χ1) is 11.4. The Morgan fingerprint density at radius 2 is 1.58 bits per heavy atom. The second-order valence-corrected chi connectivity index (χ2v) is 6.86. The zero-order chi connectivity index (χ0) is 17.6. The topological polar surface area (TPSA) is 96.5 Å². The Labute approximate surface area is 141 Å². The summed E-state index contributed by atoms with van der Waals surface area (Å²) in [7, 11) is -1.72. The molecule has 0 aromatic heterocycles. The lowest BCUT2D eigenvalue weighted by atomic mass is 10.2. The van der Waals surface area contributed by atoms with Gasteiger partial charge in [0.2, 0.25) is 10.0 Å². The second kappa shape index (κ2) is 7.69. The van der Waals surface area contributed by atoms with Crippen LogP contribution in [0.3, 0.4) is 0 Å². The number of ether oxygens (including phenoxy) is 1.